The molecule has 2 aromatic carbocycles. The highest BCUT2D eigenvalue weighted by molar-refractivity contribution is 5.96. The Bertz CT molecular complexity index is 858. The van der Waals surface area contributed by atoms with E-state index >= 15 is 0 Å². The van der Waals surface area contributed by atoms with Crippen LogP contribution in [0.4, 0.5) is 11.4 Å². The van der Waals surface area contributed by atoms with Gasteiger partial charge in [-0.2, -0.15) is 5.26 Å². The lowest BCUT2D eigenvalue weighted by Gasteiger charge is -2.12. The summed E-state index contributed by atoms with van der Waals surface area (Å²) >= 11 is 0. The summed E-state index contributed by atoms with van der Waals surface area (Å²) in [5, 5.41) is 13.8. The highest BCUT2D eigenvalue weighted by atomic mass is 14.9. The molecule has 0 aliphatic carbocycles. The van der Waals surface area contributed by atoms with Crippen molar-refractivity contribution in [2.45, 2.75) is 20.3 Å². The largest absolute Gasteiger partial charge is 0.354 e. The van der Waals surface area contributed by atoms with Crippen molar-refractivity contribution in [1.29, 1.82) is 5.26 Å². The molecule has 0 amide bonds. The third-order valence-electron chi connectivity index (χ3n) is 3.78. The quantitative estimate of drug-likeness (QED) is 0.758. The van der Waals surface area contributed by atoms with Gasteiger partial charge in [-0.05, 0) is 43.2 Å². The molecule has 3 rings (SSSR count). The molecule has 0 saturated carbocycles. The number of nitrogens with one attached hydrogen (secondary N) is 1. The third-order valence-corrected chi connectivity index (χ3v) is 3.78. The zero-order valence-electron chi connectivity index (χ0n) is 12.7. The van der Waals surface area contributed by atoms with Crippen LogP contribution in [0.15, 0.2) is 48.7 Å². The van der Waals surface area contributed by atoms with Crippen LogP contribution in [0.3, 0.4) is 0 Å². The Balaban J connectivity index is 2.16. The molecule has 3 aromatic rings. The summed E-state index contributed by atoms with van der Waals surface area (Å²) in [6, 6.07) is 16.6. The summed E-state index contributed by atoms with van der Waals surface area (Å²) < 4.78 is 0. The second-order valence-corrected chi connectivity index (χ2v) is 5.35. The molecule has 108 valence electrons. The Hall–Kier alpha value is -2.86. The summed E-state index contributed by atoms with van der Waals surface area (Å²) in [5.41, 5.74) is 5.69. The van der Waals surface area contributed by atoms with Gasteiger partial charge in [0.2, 0.25) is 0 Å². The molecular formula is C19H17N3. The van der Waals surface area contributed by atoms with E-state index < -0.39 is 0 Å². The van der Waals surface area contributed by atoms with Crippen molar-refractivity contribution in [3.63, 3.8) is 0 Å². The SMILES string of the molecule is CCc1ccc2ncc(C#N)c(Nc3ccc(C)cc3)c2c1. The van der Waals surface area contributed by atoms with Crippen LogP contribution in [0.1, 0.15) is 23.6 Å². The van der Waals surface area contributed by atoms with Crippen LogP contribution in [0.5, 0.6) is 0 Å². The fourth-order valence-electron chi connectivity index (χ4n) is 2.46. The van der Waals surface area contributed by atoms with Gasteiger partial charge >= 0.3 is 0 Å². The van der Waals surface area contributed by atoms with Crippen LogP contribution in [-0.2, 0) is 6.42 Å². The number of hydrogen-bond acceptors (Lipinski definition) is 3. The standard InChI is InChI=1S/C19H17N3/c1-3-14-6-9-18-17(10-14)19(15(11-20)12-21-18)22-16-7-4-13(2)5-8-16/h4-10,12H,3H2,1-2H3,(H,21,22). The van der Waals surface area contributed by atoms with Gasteiger partial charge in [-0.15, -0.1) is 0 Å². The number of hydrogen-bond donors (Lipinski definition) is 1. The maximum Gasteiger partial charge on any atom is 0.103 e. The average Bonchev–Trinajstić information content (AvgIpc) is 2.56. The fraction of sp³-hybridized carbons (Fsp3) is 0.158. The maximum atomic E-state index is 9.40. The molecule has 1 N–H and O–H groups in total. The fourth-order valence-corrected chi connectivity index (χ4v) is 2.46. The van der Waals surface area contributed by atoms with Crippen LogP contribution in [0, 0.1) is 18.3 Å². The number of pyridine rings is 1. The molecule has 0 unspecified atom stereocenters. The van der Waals surface area contributed by atoms with Gasteiger partial charge in [0.15, 0.2) is 0 Å². The van der Waals surface area contributed by atoms with E-state index in [2.05, 4.69) is 54.5 Å². The van der Waals surface area contributed by atoms with Crippen molar-refractivity contribution in [3.05, 3.63) is 65.4 Å². The minimum absolute atomic E-state index is 0.557. The van der Waals surface area contributed by atoms with Crippen molar-refractivity contribution < 1.29 is 0 Å². The van der Waals surface area contributed by atoms with E-state index in [1.165, 1.54) is 11.1 Å². The normalized spacial score (nSPS) is 10.4. The number of aryl methyl sites for hydroxylation is 2. The van der Waals surface area contributed by atoms with E-state index in [9.17, 15) is 5.26 Å². The Morgan fingerprint density at radius 3 is 2.59 bits per heavy atom. The van der Waals surface area contributed by atoms with Crippen LogP contribution in [0.2, 0.25) is 0 Å². The maximum absolute atomic E-state index is 9.40. The number of anilines is 2. The van der Waals surface area contributed by atoms with E-state index in [0.717, 1.165) is 28.7 Å². The molecule has 0 bridgehead atoms. The molecule has 1 heterocycles. The molecule has 3 heteroatoms. The number of nitrogens with zero attached hydrogens (tertiary/aromatic N) is 2. The molecular weight excluding hydrogens is 270 g/mol. The molecule has 0 radical (unpaired) electrons. The van der Waals surface area contributed by atoms with Crippen LogP contribution in [-0.4, -0.2) is 4.98 Å². The van der Waals surface area contributed by atoms with Crippen LogP contribution < -0.4 is 5.32 Å². The van der Waals surface area contributed by atoms with E-state index in [1.54, 1.807) is 6.20 Å². The van der Waals surface area contributed by atoms with Crippen molar-refractivity contribution in [1.82, 2.24) is 4.98 Å². The number of rotatable bonds is 3. The average molecular weight is 287 g/mol. The van der Waals surface area contributed by atoms with Crippen molar-refractivity contribution in [2.24, 2.45) is 0 Å². The van der Waals surface area contributed by atoms with Gasteiger partial charge < -0.3 is 5.32 Å². The second-order valence-electron chi connectivity index (χ2n) is 5.35. The Morgan fingerprint density at radius 1 is 1.14 bits per heavy atom. The summed E-state index contributed by atoms with van der Waals surface area (Å²) in [7, 11) is 0. The summed E-state index contributed by atoms with van der Waals surface area (Å²) in [6.45, 7) is 4.18. The van der Waals surface area contributed by atoms with Crippen molar-refractivity contribution in [2.75, 3.05) is 5.32 Å². The molecule has 1 aromatic heterocycles. The zero-order valence-corrected chi connectivity index (χ0v) is 12.7. The molecule has 0 atom stereocenters. The van der Waals surface area contributed by atoms with Gasteiger partial charge in [-0.3, -0.25) is 4.98 Å². The van der Waals surface area contributed by atoms with E-state index in [1.807, 2.05) is 18.2 Å². The predicted octanol–water partition coefficient (Wildman–Crippen LogP) is 4.72. The first-order chi connectivity index (χ1) is 10.7. The van der Waals surface area contributed by atoms with Gasteiger partial charge in [0, 0.05) is 17.3 Å². The third kappa shape index (κ3) is 2.64. The first-order valence-electron chi connectivity index (χ1n) is 7.36. The van der Waals surface area contributed by atoms with Gasteiger partial charge in [-0.1, -0.05) is 30.7 Å². The lowest BCUT2D eigenvalue weighted by molar-refractivity contribution is 1.14. The first-order valence-corrected chi connectivity index (χ1v) is 7.36. The van der Waals surface area contributed by atoms with E-state index in [4.69, 9.17) is 0 Å². The lowest BCUT2D eigenvalue weighted by Crippen LogP contribution is -1.97. The summed E-state index contributed by atoms with van der Waals surface area (Å²) in [6.07, 6.45) is 2.58. The molecule has 0 spiro atoms. The molecule has 0 aliphatic rings. The van der Waals surface area contributed by atoms with E-state index in [0.29, 0.717) is 5.56 Å². The van der Waals surface area contributed by atoms with Crippen molar-refractivity contribution in [3.8, 4) is 6.07 Å². The van der Waals surface area contributed by atoms with E-state index in [-0.39, 0.29) is 0 Å². The van der Waals surface area contributed by atoms with Crippen LogP contribution in [0.25, 0.3) is 10.9 Å². The smallest absolute Gasteiger partial charge is 0.103 e. The predicted molar refractivity (Wildman–Crippen MR) is 90.3 cm³/mol. The lowest BCUT2D eigenvalue weighted by atomic mass is 10.0. The van der Waals surface area contributed by atoms with Crippen LogP contribution >= 0.6 is 0 Å². The minimum atomic E-state index is 0.557. The molecule has 0 aliphatic heterocycles. The monoisotopic (exact) mass is 287 g/mol. The molecule has 22 heavy (non-hydrogen) atoms. The highest BCUT2D eigenvalue weighted by Crippen LogP contribution is 2.29. The van der Waals surface area contributed by atoms with Crippen molar-refractivity contribution >= 4 is 22.3 Å². The van der Waals surface area contributed by atoms with Gasteiger partial charge in [0.25, 0.3) is 0 Å². The summed E-state index contributed by atoms with van der Waals surface area (Å²) in [5.74, 6) is 0. The Morgan fingerprint density at radius 2 is 1.91 bits per heavy atom. The number of benzene rings is 2. The summed E-state index contributed by atoms with van der Waals surface area (Å²) in [4.78, 5) is 4.38. The molecule has 0 saturated heterocycles. The Kier molecular flexibility index (Phi) is 3.76. The first kappa shape index (κ1) is 14.1. The number of fused-ring (bicyclic) bond motifs is 1. The van der Waals surface area contributed by atoms with Gasteiger partial charge in [0.05, 0.1) is 16.8 Å². The minimum Gasteiger partial charge on any atom is -0.354 e. The molecule has 3 nitrogen and oxygen atoms in total. The van der Waals surface area contributed by atoms with Gasteiger partial charge in [-0.25, -0.2) is 0 Å². The van der Waals surface area contributed by atoms with Gasteiger partial charge in [0.1, 0.15) is 6.07 Å². The number of nitriles is 1. The Labute approximate surface area is 130 Å². The molecule has 0 fully saturated rings. The number of aromatic nitrogens is 1. The highest BCUT2D eigenvalue weighted by Gasteiger charge is 2.10. The zero-order chi connectivity index (χ0) is 15.5. The topological polar surface area (TPSA) is 48.7 Å². The second kappa shape index (κ2) is 5.87.